The third-order valence-electron chi connectivity index (χ3n) is 5.18. The van der Waals surface area contributed by atoms with Gasteiger partial charge in [0.2, 0.25) is 16.9 Å². The second kappa shape index (κ2) is 9.43. The van der Waals surface area contributed by atoms with Crippen LogP contribution >= 0.6 is 11.8 Å². The molecule has 2 heterocycles. The molecule has 0 spiro atoms. The molecule has 152 valence electrons. The van der Waals surface area contributed by atoms with E-state index in [1.165, 1.54) is 11.8 Å². The van der Waals surface area contributed by atoms with Crippen LogP contribution in [0.1, 0.15) is 13.8 Å². The number of piperazine rings is 1. The number of carbonyl (C=O) groups excluding carboxylic acids is 3. The van der Waals surface area contributed by atoms with E-state index in [0.717, 1.165) is 18.8 Å². The molecule has 2 unspecified atom stereocenters. The molecule has 7 nitrogen and oxygen atoms in total. The zero-order valence-electron chi connectivity index (χ0n) is 16.4. The minimum absolute atomic E-state index is 0.00664. The molecule has 2 atom stereocenters. The number of benzene rings is 1. The highest BCUT2D eigenvalue weighted by atomic mass is 32.2. The van der Waals surface area contributed by atoms with Gasteiger partial charge < -0.3 is 15.1 Å². The van der Waals surface area contributed by atoms with Crippen LogP contribution < -0.4 is 15.5 Å². The number of para-hydroxylation sites is 1. The number of amides is 2. The van der Waals surface area contributed by atoms with Crippen LogP contribution in [0.15, 0.2) is 30.3 Å². The summed E-state index contributed by atoms with van der Waals surface area (Å²) in [4.78, 5) is 40.8. The Kier molecular flexibility index (Phi) is 6.96. The van der Waals surface area contributed by atoms with E-state index in [2.05, 4.69) is 27.7 Å². The molecule has 0 radical (unpaired) electrons. The van der Waals surface area contributed by atoms with Crippen LogP contribution in [0, 0.1) is 5.92 Å². The van der Waals surface area contributed by atoms with Crippen molar-refractivity contribution < 1.29 is 14.4 Å². The first-order valence-electron chi connectivity index (χ1n) is 9.74. The van der Waals surface area contributed by atoms with Gasteiger partial charge in [-0.25, -0.2) is 0 Å². The van der Waals surface area contributed by atoms with E-state index >= 15 is 0 Å². The van der Waals surface area contributed by atoms with E-state index in [1.54, 1.807) is 4.90 Å². The molecule has 0 saturated carbocycles. The smallest absolute Gasteiger partial charge is 0.242 e. The molecule has 8 heteroatoms. The van der Waals surface area contributed by atoms with Crippen molar-refractivity contribution in [3.05, 3.63) is 30.3 Å². The molecule has 2 aliphatic rings. The Balaban J connectivity index is 1.43. The van der Waals surface area contributed by atoms with Crippen LogP contribution in [0.5, 0.6) is 0 Å². The van der Waals surface area contributed by atoms with Crippen LogP contribution in [0.4, 0.5) is 5.69 Å². The number of nitrogens with one attached hydrogen (secondary N) is 2. The first-order chi connectivity index (χ1) is 13.5. The first-order valence-corrected chi connectivity index (χ1v) is 10.7. The van der Waals surface area contributed by atoms with Crippen LogP contribution in [0.25, 0.3) is 0 Å². The number of hydrogen-bond acceptors (Lipinski definition) is 6. The number of thioether (sulfide) groups is 1. The van der Waals surface area contributed by atoms with Gasteiger partial charge in [-0.05, 0) is 18.1 Å². The Morgan fingerprint density at radius 1 is 1.18 bits per heavy atom. The summed E-state index contributed by atoms with van der Waals surface area (Å²) in [5.74, 6) is 0.235. The van der Waals surface area contributed by atoms with Crippen LogP contribution in [-0.2, 0) is 14.4 Å². The molecule has 2 N–H and O–H groups in total. The highest BCUT2D eigenvalue weighted by Crippen LogP contribution is 2.20. The highest BCUT2D eigenvalue weighted by molar-refractivity contribution is 8.13. The molecule has 2 fully saturated rings. The second-order valence-corrected chi connectivity index (χ2v) is 8.52. The maximum atomic E-state index is 12.5. The number of anilines is 1. The van der Waals surface area contributed by atoms with Gasteiger partial charge in [-0.2, -0.15) is 0 Å². The molecule has 3 rings (SSSR count). The number of rotatable bonds is 5. The molecule has 28 heavy (non-hydrogen) atoms. The summed E-state index contributed by atoms with van der Waals surface area (Å²) in [7, 11) is 0. The normalized spacial score (nSPS) is 23.0. The minimum Gasteiger partial charge on any atom is -0.368 e. The average molecular weight is 405 g/mol. The van der Waals surface area contributed by atoms with E-state index in [-0.39, 0.29) is 35.4 Å². The summed E-state index contributed by atoms with van der Waals surface area (Å²) in [5.41, 5.74) is 1.16. The van der Waals surface area contributed by atoms with Gasteiger partial charge in [-0.15, -0.1) is 0 Å². The lowest BCUT2D eigenvalue weighted by Gasteiger charge is -2.36. The third kappa shape index (κ3) is 5.05. The second-order valence-electron chi connectivity index (χ2n) is 7.49. The maximum Gasteiger partial charge on any atom is 0.242 e. The van der Waals surface area contributed by atoms with Crippen molar-refractivity contribution in [3.8, 4) is 0 Å². The highest BCUT2D eigenvalue weighted by Gasteiger charge is 2.34. The predicted molar refractivity (Wildman–Crippen MR) is 111 cm³/mol. The molecular formula is C20H28N4O3S. The monoisotopic (exact) mass is 404 g/mol. The van der Waals surface area contributed by atoms with E-state index in [0.29, 0.717) is 18.8 Å². The fourth-order valence-corrected chi connectivity index (χ4v) is 4.55. The van der Waals surface area contributed by atoms with Crippen LogP contribution in [-0.4, -0.2) is 72.4 Å². The van der Waals surface area contributed by atoms with Gasteiger partial charge >= 0.3 is 0 Å². The van der Waals surface area contributed by atoms with E-state index < -0.39 is 6.04 Å². The lowest BCUT2D eigenvalue weighted by molar-refractivity contribution is -0.133. The molecule has 2 aliphatic heterocycles. The van der Waals surface area contributed by atoms with Gasteiger partial charge in [0.15, 0.2) is 0 Å². The van der Waals surface area contributed by atoms with Crippen LogP contribution in [0.2, 0.25) is 0 Å². The van der Waals surface area contributed by atoms with E-state index in [1.807, 2.05) is 32.0 Å². The first kappa shape index (κ1) is 20.7. The molecule has 2 amide bonds. The van der Waals surface area contributed by atoms with Gasteiger partial charge in [0.25, 0.3) is 0 Å². The standard InChI is InChI=1S/C20H28N4O3S/c1-14(2)18-20(27)28-13-16(22-18)19(26)21-12-17(25)24-10-8-23(9-11-24)15-6-4-3-5-7-15/h3-7,14,16,18,22H,8-13H2,1-2H3,(H,21,26). The Labute approximate surface area is 170 Å². The fraction of sp³-hybridized carbons (Fsp3) is 0.550. The van der Waals surface area contributed by atoms with Crippen molar-refractivity contribution in [2.45, 2.75) is 25.9 Å². The number of carbonyl (C=O) groups is 3. The largest absolute Gasteiger partial charge is 0.368 e. The topological polar surface area (TPSA) is 81.8 Å². The Hall–Kier alpha value is -2.06. The van der Waals surface area contributed by atoms with Gasteiger partial charge in [0.1, 0.15) is 0 Å². The average Bonchev–Trinajstić information content (AvgIpc) is 2.72. The van der Waals surface area contributed by atoms with Gasteiger partial charge in [0.05, 0.1) is 18.6 Å². The van der Waals surface area contributed by atoms with Crippen molar-refractivity contribution in [2.24, 2.45) is 5.92 Å². The molecule has 1 aromatic carbocycles. The molecule has 2 saturated heterocycles. The summed E-state index contributed by atoms with van der Waals surface area (Å²) in [6.45, 7) is 6.75. The summed E-state index contributed by atoms with van der Waals surface area (Å²) in [6, 6.07) is 9.39. The van der Waals surface area contributed by atoms with Crippen molar-refractivity contribution in [3.63, 3.8) is 0 Å². The molecule has 0 aromatic heterocycles. The minimum atomic E-state index is -0.446. The Morgan fingerprint density at radius 3 is 2.50 bits per heavy atom. The van der Waals surface area contributed by atoms with Crippen molar-refractivity contribution in [1.82, 2.24) is 15.5 Å². The fourth-order valence-electron chi connectivity index (χ4n) is 3.45. The van der Waals surface area contributed by atoms with Gasteiger partial charge in [-0.1, -0.05) is 43.8 Å². The number of hydrogen-bond donors (Lipinski definition) is 2. The van der Waals surface area contributed by atoms with Gasteiger partial charge in [-0.3, -0.25) is 19.7 Å². The zero-order chi connectivity index (χ0) is 20.1. The Bertz CT molecular complexity index is 705. The lowest BCUT2D eigenvalue weighted by atomic mass is 10.0. The Morgan fingerprint density at radius 2 is 1.86 bits per heavy atom. The van der Waals surface area contributed by atoms with Crippen LogP contribution in [0.3, 0.4) is 0 Å². The zero-order valence-corrected chi connectivity index (χ0v) is 17.2. The van der Waals surface area contributed by atoms with E-state index in [9.17, 15) is 14.4 Å². The maximum absolute atomic E-state index is 12.5. The summed E-state index contributed by atoms with van der Waals surface area (Å²) >= 11 is 1.19. The summed E-state index contributed by atoms with van der Waals surface area (Å²) in [5, 5.41) is 5.93. The van der Waals surface area contributed by atoms with E-state index in [4.69, 9.17) is 0 Å². The molecule has 0 aliphatic carbocycles. The summed E-state index contributed by atoms with van der Waals surface area (Å²) in [6.07, 6.45) is 0. The van der Waals surface area contributed by atoms with Gasteiger partial charge in [0, 0.05) is 37.6 Å². The third-order valence-corrected chi connectivity index (χ3v) is 6.22. The lowest BCUT2D eigenvalue weighted by Crippen LogP contribution is -2.58. The van der Waals surface area contributed by atoms with Crippen molar-refractivity contribution in [1.29, 1.82) is 0 Å². The van der Waals surface area contributed by atoms with Crippen molar-refractivity contribution in [2.75, 3.05) is 43.4 Å². The molecular weight excluding hydrogens is 376 g/mol. The van der Waals surface area contributed by atoms with Crippen molar-refractivity contribution >= 4 is 34.4 Å². The quantitative estimate of drug-likeness (QED) is 0.752. The predicted octanol–water partition coefficient (Wildman–Crippen LogP) is 0.708. The molecule has 1 aromatic rings. The SMILES string of the molecule is CC(C)C1NC(C(=O)NCC(=O)N2CCN(c3ccccc3)CC2)CSC1=O. The summed E-state index contributed by atoms with van der Waals surface area (Å²) < 4.78 is 0. The number of nitrogens with zero attached hydrogens (tertiary/aromatic N) is 2. The molecule has 0 bridgehead atoms.